The van der Waals surface area contributed by atoms with E-state index in [-0.39, 0.29) is 11.5 Å². The highest BCUT2D eigenvalue weighted by atomic mass is 32.2. The maximum atomic E-state index is 13.0. The SMILES string of the molecule is O=c1nc(SCc2ccc(F)cc2)c2c(n1Cc1ccco1)CCC2. The fourth-order valence-corrected chi connectivity index (χ4v) is 4.19. The lowest BCUT2D eigenvalue weighted by molar-refractivity contribution is 0.481. The first-order valence-electron chi connectivity index (χ1n) is 8.23. The van der Waals surface area contributed by atoms with Gasteiger partial charge in [-0.05, 0) is 49.1 Å². The number of thioether (sulfide) groups is 1. The van der Waals surface area contributed by atoms with Gasteiger partial charge in [-0.1, -0.05) is 12.1 Å². The summed E-state index contributed by atoms with van der Waals surface area (Å²) < 4.78 is 20.1. The third kappa shape index (κ3) is 3.39. The molecule has 0 atom stereocenters. The zero-order chi connectivity index (χ0) is 17.2. The average molecular weight is 356 g/mol. The molecule has 25 heavy (non-hydrogen) atoms. The van der Waals surface area contributed by atoms with Gasteiger partial charge in [0.1, 0.15) is 16.6 Å². The summed E-state index contributed by atoms with van der Waals surface area (Å²) in [6.07, 6.45) is 4.47. The summed E-state index contributed by atoms with van der Waals surface area (Å²) in [5, 5.41) is 0.803. The van der Waals surface area contributed by atoms with Gasteiger partial charge in [0.15, 0.2) is 0 Å². The van der Waals surface area contributed by atoms with Crippen LogP contribution in [0.3, 0.4) is 0 Å². The van der Waals surface area contributed by atoms with E-state index in [4.69, 9.17) is 4.42 Å². The van der Waals surface area contributed by atoms with E-state index in [0.717, 1.165) is 41.3 Å². The van der Waals surface area contributed by atoms with Crippen molar-refractivity contribution in [3.8, 4) is 0 Å². The normalized spacial score (nSPS) is 13.2. The Balaban J connectivity index is 1.61. The highest BCUT2D eigenvalue weighted by Crippen LogP contribution is 2.31. The summed E-state index contributed by atoms with van der Waals surface area (Å²) in [5.74, 6) is 1.18. The summed E-state index contributed by atoms with van der Waals surface area (Å²) in [4.78, 5) is 16.8. The molecule has 1 aliphatic carbocycles. The lowest BCUT2D eigenvalue weighted by atomic mass is 10.2. The van der Waals surface area contributed by atoms with E-state index in [1.807, 2.05) is 12.1 Å². The molecule has 0 saturated heterocycles. The van der Waals surface area contributed by atoms with Gasteiger partial charge in [-0.15, -0.1) is 11.8 Å². The van der Waals surface area contributed by atoms with E-state index < -0.39 is 0 Å². The maximum absolute atomic E-state index is 13.0. The van der Waals surface area contributed by atoms with E-state index in [2.05, 4.69) is 4.98 Å². The highest BCUT2D eigenvalue weighted by molar-refractivity contribution is 7.98. The molecule has 0 unspecified atom stereocenters. The molecule has 0 spiro atoms. The number of halogens is 1. The molecule has 4 nitrogen and oxygen atoms in total. The fraction of sp³-hybridized carbons (Fsp3) is 0.263. The maximum Gasteiger partial charge on any atom is 0.349 e. The number of benzene rings is 1. The minimum absolute atomic E-state index is 0.237. The molecule has 0 radical (unpaired) electrons. The molecule has 0 bridgehead atoms. The minimum atomic E-state index is -0.242. The van der Waals surface area contributed by atoms with Crippen LogP contribution in [-0.2, 0) is 25.1 Å². The monoisotopic (exact) mass is 356 g/mol. The predicted molar refractivity (Wildman–Crippen MR) is 94.3 cm³/mol. The Morgan fingerprint density at radius 3 is 2.80 bits per heavy atom. The second-order valence-electron chi connectivity index (χ2n) is 6.06. The van der Waals surface area contributed by atoms with E-state index >= 15 is 0 Å². The molecule has 128 valence electrons. The second kappa shape index (κ2) is 6.88. The van der Waals surface area contributed by atoms with Gasteiger partial charge in [-0.25, -0.2) is 9.18 Å². The number of fused-ring (bicyclic) bond motifs is 1. The van der Waals surface area contributed by atoms with Crippen LogP contribution in [0.4, 0.5) is 4.39 Å². The molecule has 2 aromatic heterocycles. The lowest BCUT2D eigenvalue weighted by Gasteiger charge is -2.13. The Labute approximate surface area is 148 Å². The third-order valence-corrected chi connectivity index (χ3v) is 5.47. The summed E-state index contributed by atoms with van der Waals surface area (Å²) in [6, 6.07) is 10.1. The van der Waals surface area contributed by atoms with Crippen LogP contribution in [0.25, 0.3) is 0 Å². The minimum Gasteiger partial charge on any atom is -0.467 e. The van der Waals surface area contributed by atoms with Crippen LogP contribution in [-0.4, -0.2) is 9.55 Å². The lowest BCUT2D eigenvalue weighted by Crippen LogP contribution is -2.27. The van der Waals surface area contributed by atoms with Crippen LogP contribution >= 0.6 is 11.8 Å². The van der Waals surface area contributed by atoms with Gasteiger partial charge < -0.3 is 4.42 Å². The van der Waals surface area contributed by atoms with Gasteiger partial charge in [0.25, 0.3) is 0 Å². The molecule has 3 aromatic rings. The average Bonchev–Trinajstić information content (AvgIpc) is 3.29. The Hall–Kier alpha value is -2.34. The van der Waals surface area contributed by atoms with Crippen LogP contribution in [0.2, 0.25) is 0 Å². The molecular formula is C19H17FN2O2S. The standard InChI is InChI=1S/C19H17FN2O2S/c20-14-8-6-13(7-9-14)12-25-18-16-4-1-5-17(16)22(19(23)21-18)11-15-3-2-10-24-15/h2-3,6-10H,1,4-5,11-12H2. The molecule has 0 fully saturated rings. The molecule has 1 aromatic carbocycles. The van der Waals surface area contributed by atoms with Crippen molar-refractivity contribution in [1.29, 1.82) is 0 Å². The van der Waals surface area contributed by atoms with E-state index in [0.29, 0.717) is 12.3 Å². The van der Waals surface area contributed by atoms with Crippen LogP contribution in [0.5, 0.6) is 0 Å². The summed E-state index contributed by atoms with van der Waals surface area (Å²) in [6.45, 7) is 0.421. The Kier molecular flexibility index (Phi) is 4.44. The quantitative estimate of drug-likeness (QED) is 0.515. The Morgan fingerprint density at radius 1 is 1.20 bits per heavy atom. The number of nitrogens with zero attached hydrogens (tertiary/aromatic N) is 2. The summed E-state index contributed by atoms with van der Waals surface area (Å²) >= 11 is 1.55. The van der Waals surface area contributed by atoms with E-state index in [9.17, 15) is 9.18 Å². The zero-order valence-electron chi connectivity index (χ0n) is 13.6. The third-order valence-electron chi connectivity index (χ3n) is 4.38. The van der Waals surface area contributed by atoms with Crippen LogP contribution < -0.4 is 5.69 Å². The first-order chi connectivity index (χ1) is 12.2. The molecule has 2 heterocycles. The number of aromatic nitrogens is 2. The molecule has 6 heteroatoms. The second-order valence-corrected chi connectivity index (χ2v) is 7.02. The van der Waals surface area contributed by atoms with Crippen molar-refractivity contribution in [2.24, 2.45) is 0 Å². The number of rotatable bonds is 5. The smallest absolute Gasteiger partial charge is 0.349 e. The first-order valence-corrected chi connectivity index (χ1v) is 9.21. The Bertz CT molecular complexity index is 933. The first kappa shape index (κ1) is 16.1. The van der Waals surface area contributed by atoms with E-state index in [1.54, 1.807) is 34.7 Å². The van der Waals surface area contributed by atoms with Gasteiger partial charge in [-0.3, -0.25) is 4.57 Å². The topological polar surface area (TPSA) is 48.0 Å². The van der Waals surface area contributed by atoms with Crippen molar-refractivity contribution in [2.75, 3.05) is 0 Å². The largest absolute Gasteiger partial charge is 0.467 e. The molecule has 0 amide bonds. The van der Waals surface area contributed by atoms with Crippen LogP contribution in [0, 0.1) is 5.82 Å². The van der Waals surface area contributed by atoms with Crippen molar-refractivity contribution in [3.05, 3.63) is 81.5 Å². The van der Waals surface area contributed by atoms with Gasteiger partial charge >= 0.3 is 5.69 Å². The molecule has 1 aliphatic rings. The van der Waals surface area contributed by atoms with Crippen molar-refractivity contribution in [3.63, 3.8) is 0 Å². The number of furan rings is 1. The van der Waals surface area contributed by atoms with Gasteiger partial charge in [0.2, 0.25) is 0 Å². The summed E-state index contributed by atoms with van der Waals surface area (Å²) in [5.41, 5.74) is 3.01. The molecular weight excluding hydrogens is 339 g/mol. The number of hydrogen-bond donors (Lipinski definition) is 0. The van der Waals surface area contributed by atoms with Crippen molar-refractivity contribution in [2.45, 2.75) is 36.6 Å². The number of hydrogen-bond acceptors (Lipinski definition) is 4. The van der Waals surface area contributed by atoms with Gasteiger partial charge in [-0.2, -0.15) is 4.98 Å². The van der Waals surface area contributed by atoms with Crippen molar-refractivity contribution < 1.29 is 8.81 Å². The van der Waals surface area contributed by atoms with Gasteiger partial charge in [0, 0.05) is 17.0 Å². The van der Waals surface area contributed by atoms with E-state index in [1.165, 1.54) is 17.7 Å². The highest BCUT2D eigenvalue weighted by Gasteiger charge is 2.22. The fourth-order valence-electron chi connectivity index (χ4n) is 3.16. The zero-order valence-corrected chi connectivity index (χ0v) is 14.4. The van der Waals surface area contributed by atoms with Crippen LogP contribution in [0.15, 0.2) is 56.9 Å². The molecule has 0 saturated carbocycles. The van der Waals surface area contributed by atoms with Crippen LogP contribution in [0.1, 0.15) is 29.0 Å². The molecule has 4 rings (SSSR count). The molecule has 0 N–H and O–H groups in total. The Morgan fingerprint density at radius 2 is 2.04 bits per heavy atom. The van der Waals surface area contributed by atoms with Crippen molar-refractivity contribution in [1.82, 2.24) is 9.55 Å². The van der Waals surface area contributed by atoms with Crippen molar-refractivity contribution >= 4 is 11.8 Å². The summed E-state index contributed by atoms with van der Waals surface area (Å²) in [7, 11) is 0. The molecule has 0 aliphatic heterocycles. The van der Waals surface area contributed by atoms with Gasteiger partial charge in [0.05, 0.1) is 12.8 Å². The predicted octanol–water partition coefficient (Wildman–Crippen LogP) is 3.80.